The van der Waals surface area contributed by atoms with Crippen LogP contribution in [0.15, 0.2) is 30.3 Å². The number of ketones is 1. The molecule has 1 fully saturated rings. The number of Topliss-reactive ketones (excluding diaryl/α,β-unsaturated/α-hetero) is 1. The smallest absolute Gasteiger partial charge is 0.178 e. The van der Waals surface area contributed by atoms with Gasteiger partial charge < -0.3 is 9.30 Å². The number of hydrogen-bond donors (Lipinski definition) is 0. The molecule has 1 aliphatic rings. The molecule has 1 aromatic heterocycles. The normalized spacial score (nSPS) is 16.0. The predicted octanol–water partition coefficient (Wildman–Crippen LogP) is 2.65. The second-order valence-corrected chi connectivity index (χ2v) is 7.17. The molecule has 0 unspecified atom stereocenters. The summed E-state index contributed by atoms with van der Waals surface area (Å²) in [6.07, 6.45) is 0. The number of carbonyl (C=O) groups is 1. The van der Waals surface area contributed by atoms with Crippen LogP contribution in [-0.2, 0) is 13.6 Å². The second-order valence-electron chi connectivity index (χ2n) is 7.17. The van der Waals surface area contributed by atoms with Crippen LogP contribution in [0, 0.1) is 13.8 Å². The third-order valence-electron chi connectivity index (χ3n) is 5.47. The van der Waals surface area contributed by atoms with Gasteiger partial charge in [-0.3, -0.25) is 14.6 Å². The van der Waals surface area contributed by atoms with E-state index in [9.17, 15) is 4.79 Å². The van der Waals surface area contributed by atoms with Crippen LogP contribution in [0.3, 0.4) is 0 Å². The van der Waals surface area contributed by atoms with Gasteiger partial charge in [-0.15, -0.1) is 0 Å². The van der Waals surface area contributed by atoms with Crippen LogP contribution in [0.1, 0.15) is 27.3 Å². The fourth-order valence-electron chi connectivity index (χ4n) is 3.52. The van der Waals surface area contributed by atoms with E-state index in [4.69, 9.17) is 4.74 Å². The van der Waals surface area contributed by atoms with E-state index in [1.54, 1.807) is 7.11 Å². The van der Waals surface area contributed by atoms with Crippen molar-refractivity contribution in [2.45, 2.75) is 20.4 Å². The van der Waals surface area contributed by atoms with Gasteiger partial charge in [0, 0.05) is 56.7 Å². The number of methoxy groups -OCH3 is 1. The third-order valence-corrected chi connectivity index (χ3v) is 5.47. The summed E-state index contributed by atoms with van der Waals surface area (Å²) >= 11 is 0. The minimum absolute atomic E-state index is 0.231. The van der Waals surface area contributed by atoms with Crippen molar-refractivity contribution in [3.8, 4) is 5.75 Å². The van der Waals surface area contributed by atoms with Crippen molar-refractivity contribution in [2.24, 2.45) is 7.05 Å². The van der Waals surface area contributed by atoms with Gasteiger partial charge in [0.05, 0.1) is 13.7 Å². The van der Waals surface area contributed by atoms with E-state index in [0.717, 1.165) is 55.4 Å². The summed E-state index contributed by atoms with van der Waals surface area (Å²) in [6, 6.07) is 10.3. The second kappa shape index (κ2) is 8.06. The molecule has 2 aromatic rings. The lowest BCUT2D eigenvalue weighted by atomic mass is 10.1. The van der Waals surface area contributed by atoms with Crippen molar-refractivity contribution in [3.63, 3.8) is 0 Å². The van der Waals surface area contributed by atoms with Gasteiger partial charge in [0.1, 0.15) is 5.75 Å². The standard InChI is InChI=1S/C21H29N3O2/c1-16-13-20(17(2)22(16)3)21(25)15-24-11-9-23(10-12-24)14-18-5-7-19(26-4)8-6-18/h5-8,13H,9-12,14-15H2,1-4H3. The molecule has 0 aliphatic carbocycles. The monoisotopic (exact) mass is 355 g/mol. The summed E-state index contributed by atoms with van der Waals surface area (Å²) in [5, 5.41) is 0. The van der Waals surface area contributed by atoms with Gasteiger partial charge in [-0.25, -0.2) is 0 Å². The zero-order valence-electron chi connectivity index (χ0n) is 16.3. The summed E-state index contributed by atoms with van der Waals surface area (Å²) < 4.78 is 7.29. The highest BCUT2D eigenvalue weighted by molar-refractivity contribution is 5.99. The van der Waals surface area contributed by atoms with Crippen molar-refractivity contribution in [1.29, 1.82) is 0 Å². The average Bonchev–Trinajstić information content (AvgIpc) is 2.91. The number of carbonyl (C=O) groups excluding carboxylic acids is 1. The Labute approximate surface area is 156 Å². The maximum absolute atomic E-state index is 12.7. The van der Waals surface area contributed by atoms with E-state index in [-0.39, 0.29) is 5.78 Å². The van der Waals surface area contributed by atoms with Gasteiger partial charge in [-0.05, 0) is 37.6 Å². The van der Waals surface area contributed by atoms with Gasteiger partial charge in [0.2, 0.25) is 0 Å². The molecular weight excluding hydrogens is 326 g/mol. The molecular formula is C21H29N3O2. The van der Waals surface area contributed by atoms with Crippen LogP contribution in [0.2, 0.25) is 0 Å². The van der Waals surface area contributed by atoms with Crippen LogP contribution in [0.5, 0.6) is 5.75 Å². The van der Waals surface area contributed by atoms with E-state index < -0.39 is 0 Å². The van der Waals surface area contributed by atoms with Crippen LogP contribution < -0.4 is 4.74 Å². The first-order valence-corrected chi connectivity index (χ1v) is 9.21. The lowest BCUT2D eigenvalue weighted by molar-refractivity contribution is 0.0843. The largest absolute Gasteiger partial charge is 0.497 e. The topological polar surface area (TPSA) is 37.7 Å². The highest BCUT2D eigenvalue weighted by atomic mass is 16.5. The van der Waals surface area contributed by atoms with Gasteiger partial charge in [0.25, 0.3) is 0 Å². The molecule has 1 aliphatic heterocycles. The van der Waals surface area contributed by atoms with Crippen molar-refractivity contribution >= 4 is 5.78 Å². The molecule has 0 spiro atoms. The van der Waals surface area contributed by atoms with Crippen molar-refractivity contribution in [3.05, 3.63) is 52.8 Å². The van der Waals surface area contributed by atoms with Crippen molar-refractivity contribution < 1.29 is 9.53 Å². The molecule has 1 aromatic carbocycles. The highest BCUT2D eigenvalue weighted by Gasteiger charge is 2.21. The summed E-state index contributed by atoms with van der Waals surface area (Å²) in [5.74, 6) is 1.12. The molecule has 5 heteroatoms. The molecule has 2 heterocycles. The van der Waals surface area contributed by atoms with E-state index in [0.29, 0.717) is 6.54 Å². The number of benzene rings is 1. The molecule has 26 heavy (non-hydrogen) atoms. The maximum atomic E-state index is 12.7. The van der Waals surface area contributed by atoms with Gasteiger partial charge in [0.15, 0.2) is 5.78 Å². The Kier molecular flexibility index (Phi) is 5.79. The number of aromatic nitrogens is 1. The Balaban J connectivity index is 1.50. The lowest BCUT2D eigenvalue weighted by Crippen LogP contribution is -2.47. The van der Waals surface area contributed by atoms with Crippen LogP contribution in [0.4, 0.5) is 0 Å². The fourth-order valence-corrected chi connectivity index (χ4v) is 3.52. The minimum Gasteiger partial charge on any atom is -0.497 e. The van der Waals surface area contributed by atoms with Gasteiger partial charge >= 0.3 is 0 Å². The number of rotatable bonds is 6. The van der Waals surface area contributed by atoms with Gasteiger partial charge in [-0.2, -0.15) is 0 Å². The quantitative estimate of drug-likeness (QED) is 0.747. The zero-order valence-corrected chi connectivity index (χ0v) is 16.3. The Hall–Kier alpha value is -2.11. The minimum atomic E-state index is 0.231. The number of piperazine rings is 1. The van der Waals surface area contributed by atoms with E-state index in [2.05, 4.69) is 26.5 Å². The summed E-state index contributed by atoms with van der Waals surface area (Å²) in [4.78, 5) is 17.4. The number of hydrogen-bond acceptors (Lipinski definition) is 4. The van der Waals surface area contributed by atoms with E-state index in [1.807, 2.05) is 39.1 Å². The summed E-state index contributed by atoms with van der Waals surface area (Å²) in [6.45, 7) is 9.38. The Bertz CT molecular complexity index is 756. The van der Waals surface area contributed by atoms with E-state index in [1.165, 1.54) is 5.56 Å². The molecule has 0 atom stereocenters. The molecule has 140 valence electrons. The molecule has 0 N–H and O–H groups in total. The zero-order chi connectivity index (χ0) is 18.7. The summed E-state index contributed by atoms with van der Waals surface area (Å²) in [7, 11) is 3.70. The Morgan fingerprint density at radius 2 is 1.65 bits per heavy atom. The Morgan fingerprint density at radius 3 is 2.19 bits per heavy atom. The Morgan fingerprint density at radius 1 is 1.04 bits per heavy atom. The van der Waals surface area contributed by atoms with Crippen LogP contribution in [0.25, 0.3) is 0 Å². The maximum Gasteiger partial charge on any atom is 0.178 e. The highest BCUT2D eigenvalue weighted by Crippen LogP contribution is 2.16. The molecule has 5 nitrogen and oxygen atoms in total. The predicted molar refractivity (Wildman–Crippen MR) is 104 cm³/mol. The first-order chi connectivity index (χ1) is 12.5. The molecule has 0 bridgehead atoms. The third kappa shape index (κ3) is 4.17. The number of nitrogens with zero attached hydrogens (tertiary/aromatic N) is 3. The first kappa shape index (κ1) is 18.7. The van der Waals surface area contributed by atoms with E-state index >= 15 is 0 Å². The van der Waals surface area contributed by atoms with Crippen LogP contribution >= 0.6 is 0 Å². The molecule has 1 saturated heterocycles. The SMILES string of the molecule is COc1ccc(CN2CCN(CC(=O)c3cc(C)n(C)c3C)CC2)cc1. The lowest BCUT2D eigenvalue weighted by Gasteiger charge is -2.34. The van der Waals surface area contributed by atoms with Crippen molar-refractivity contribution in [2.75, 3.05) is 39.8 Å². The molecule has 3 rings (SSSR count). The van der Waals surface area contributed by atoms with Crippen molar-refractivity contribution in [1.82, 2.24) is 14.4 Å². The van der Waals surface area contributed by atoms with Crippen LogP contribution in [-0.4, -0.2) is 60.0 Å². The van der Waals surface area contributed by atoms with Gasteiger partial charge in [-0.1, -0.05) is 12.1 Å². The number of ether oxygens (including phenoxy) is 1. The summed E-state index contributed by atoms with van der Waals surface area (Å²) in [5.41, 5.74) is 4.36. The molecule has 0 amide bonds. The molecule has 0 saturated carbocycles. The number of aryl methyl sites for hydroxylation is 1. The molecule has 0 radical (unpaired) electrons. The average molecular weight is 355 g/mol. The first-order valence-electron chi connectivity index (χ1n) is 9.21. The fraction of sp³-hybridized carbons (Fsp3) is 0.476.